The first-order chi connectivity index (χ1) is 15.1. The molecule has 0 aliphatic carbocycles. The molecule has 0 aliphatic rings. The Kier molecular flexibility index (Phi) is 6.98. The zero-order valence-electron chi connectivity index (χ0n) is 16.5. The van der Waals surface area contributed by atoms with Crippen molar-refractivity contribution in [3.05, 3.63) is 111 Å². The van der Waals surface area contributed by atoms with Crippen molar-refractivity contribution in [3.8, 4) is 5.75 Å². The average Bonchev–Trinajstić information content (AvgIpc) is 2.79. The van der Waals surface area contributed by atoms with Gasteiger partial charge in [0, 0.05) is 10.6 Å². The summed E-state index contributed by atoms with van der Waals surface area (Å²) < 4.78 is 6.12. The number of halogens is 3. The van der Waals surface area contributed by atoms with Crippen LogP contribution >= 0.6 is 34.8 Å². The van der Waals surface area contributed by atoms with Gasteiger partial charge in [-0.2, -0.15) is 5.10 Å². The highest BCUT2D eigenvalue weighted by Crippen LogP contribution is 2.28. The number of benzene rings is 4. The Morgan fingerprint density at radius 3 is 2.39 bits per heavy atom. The Bertz CT molecular complexity index is 1220. The van der Waals surface area contributed by atoms with Gasteiger partial charge in [-0.1, -0.05) is 83.3 Å². The third-order valence-electron chi connectivity index (χ3n) is 4.79. The van der Waals surface area contributed by atoms with Gasteiger partial charge in [0.15, 0.2) is 0 Å². The number of rotatable bonds is 7. The second kappa shape index (κ2) is 10.1. The van der Waals surface area contributed by atoms with Gasteiger partial charge in [-0.25, -0.2) is 0 Å². The van der Waals surface area contributed by atoms with Gasteiger partial charge in [0.05, 0.1) is 22.8 Å². The Labute approximate surface area is 196 Å². The second-order valence-electron chi connectivity index (χ2n) is 6.96. The molecule has 0 unspecified atom stereocenters. The van der Waals surface area contributed by atoms with Crippen LogP contribution in [-0.4, -0.2) is 6.21 Å². The average molecular weight is 470 g/mol. The van der Waals surface area contributed by atoms with Crippen molar-refractivity contribution in [2.45, 2.75) is 13.2 Å². The Morgan fingerprint density at radius 2 is 1.58 bits per heavy atom. The van der Waals surface area contributed by atoms with Crippen molar-refractivity contribution in [2.75, 3.05) is 0 Å². The maximum atomic E-state index is 6.12. The molecule has 31 heavy (non-hydrogen) atoms. The summed E-state index contributed by atoms with van der Waals surface area (Å²) in [6, 6.07) is 25.3. The molecule has 156 valence electrons. The molecule has 4 rings (SSSR count). The zero-order chi connectivity index (χ0) is 21.6. The molecule has 0 saturated carbocycles. The summed E-state index contributed by atoms with van der Waals surface area (Å²) in [5, 5.41) is 8.35. The molecule has 0 amide bonds. The first-order valence-corrected chi connectivity index (χ1v) is 10.8. The number of hydrogen-bond donors (Lipinski definition) is 1. The van der Waals surface area contributed by atoms with Crippen molar-refractivity contribution in [3.63, 3.8) is 0 Å². The summed E-state index contributed by atoms with van der Waals surface area (Å²) >= 11 is 18.1. The summed E-state index contributed by atoms with van der Waals surface area (Å²) in [5.41, 5.74) is 6.02. The lowest BCUT2D eigenvalue weighted by Crippen LogP contribution is -2.06. The van der Waals surface area contributed by atoms with Gasteiger partial charge in [0.1, 0.15) is 12.4 Å². The topological polar surface area (TPSA) is 33.6 Å². The molecule has 0 aromatic heterocycles. The molecule has 0 spiro atoms. The van der Waals surface area contributed by atoms with Gasteiger partial charge in [-0.15, -0.1) is 0 Å². The van der Waals surface area contributed by atoms with Crippen molar-refractivity contribution >= 4 is 51.8 Å². The summed E-state index contributed by atoms with van der Waals surface area (Å²) in [6.45, 7) is 0.964. The Balaban J connectivity index is 1.54. The maximum Gasteiger partial charge on any atom is 0.129 e. The van der Waals surface area contributed by atoms with Gasteiger partial charge < -0.3 is 10.2 Å². The first-order valence-electron chi connectivity index (χ1n) is 9.69. The zero-order valence-corrected chi connectivity index (χ0v) is 18.8. The van der Waals surface area contributed by atoms with E-state index in [4.69, 9.17) is 39.5 Å². The number of ether oxygens (including phenoxy) is 1. The van der Waals surface area contributed by atoms with E-state index in [9.17, 15) is 0 Å². The fraction of sp³-hybridized carbons (Fsp3) is 0.0800. The van der Waals surface area contributed by atoms with Gasteiger partial charge >= 0.3 is 0 Å². The molecule has 0 radical (unpaired) electrons. The Morgan fingerprint density at radius 1 is 0.806 bits per heavy atom. The molecule has 0 fully saturated rings. The highest BCUT2D eigenvalue weighted by Gasteiger charge is 2.08. The van der Waals surface area contributed by atoms with Crippen LogP contribution in [0.15, 0.2) is 84.0 Å². The van der Waals surface area contributed by atoms with Gasteiger partial charge in [-0.3, -0.25) is 0 Å². The van der Waals surface area contributed by atoms with Crippen molar-refractivity contribution < 1.29 is 4.74 Å². The standard InChI is InChI=1S/C25H19Cl3N2O/c26-20-9-5-17(6-10-20)14-29-30-15-22-21-4-2-1-3-19(21)8-12-25(22)31-16-18-7-11-23(27)24(28)13-18/h1-13,15,29H,14,16H2/b30-15-. The van der Waals surface area contributed by atoms with Crippen LogP contribution in [0.2, 0.25) is 15.1 Å². The van der Waals surface area contributed by atoms with E-state index in [1.165, 1.54) is 0 Å². The van der Waals surface area contributed by atoms with Crippen LogP contribution < -0.4 is 10.2 Å². The van der Waals surface area contributed by atoms with E-state index in [1.807, 2.05) is 60.7 Å². The molecule has 0 saturated heterocycles. The van der Waals surface area contributed by atoms with Crippen LogP contribution in [0.4, 0.5) is 0 Å². The summed E-state index contributed by atoms with van der Waals surface area (Å²) in [5.74, 6) is 0.738. The molecule has 1 N–H and O–H groups in total. The molecule has 3 nitrogen and oxygen atoms in total. The van der Waals surface area contributed by atoms with Gasteiger partial charge in [-0.05, 0) is 52.2 Å². The number of hydrazone groups is 1. The number of hydrogen-bond acceptors (Lipinski definition) is 3. The lowest BCUT2D eigenvalue weighted by Gasteiger charge is -2.12. The van der Waals surface area contributed by atoms with Crippen LogP contribution in [-0.2, 0) is 13.2 Å². The third-order valence-corrected chi connectivity index (χ3v) is 5.78. The van der Waals surface area contributed by atoms with Gasteiger partial charge in [0.25, 0.3) is 0 Å². The molecule has 0 heterocycles. The lowest BCUT2D eigenvalue weighted by molar-refractivity contribution is 0.306. The second-order valence-corrected chi connectivity index (χ2v) is 8.21. The van der Waals surface area contributed by atoms with Crippen LogP contribution in [0.3, 0.4) is 0 Å². The summed E-state index contributed by atoms with van der Waals surface area (Å²) in [6.07, 6.45) is 1.79. The van der Waals surface area contributed by atoms with Crippen LogP contribution in [0.1, 0.15) is 16.7 Å². The van der Waals surface area contributed by atoms with Crippen molar-refractivity contribution in [1.82, 2.24) is 5.43 Å². The molecular formula is C25H19Cl3N2O. The summed E-state index contributed by atoms with van der Waals surface area (Å²) in [7, 11) is 0. The molecule has 6 heteroatoms. The molecule has 0 bridgehead atoms. The highest BCUT2D eigenvalue weighted by atomic mass is 35.5. The molecule has 4 aromatic carbocycles. The van der Waals surface area contributed by atoms with Crippen LogP contribution in [0, 0.1) is 0 Å². The molecular weight excluding hydrogens is 451 g/mol. The minimum atomic E-state index is 0.369. The SMILES string of the molecule is Clc1ccc(CN/N=C\c2c(OCc3ccc(Cl)c(Cl)c3)ccc3ccccc23)cc1. The fourth-order valence-corrected chi connectivity index (χ4v) is 3.62. The van der Waals surface area contributed by atoms with Crippen LogP contribution in [0.5, 0.6) is 5.75 Å². The molecule has 0 atom stereocenters. The number of fused-ring (bicyclic) bond motifs is 1. The normalized spacial score (nSPS) is 11.2. The van der Waals surface area contributed by atoms with E-state index >= 15 is 0 Å². The fourth-order valence-electron chi connectivity index (χ4n) is 3.17. The predicted molar refractivity (Wildman–Crippen MR) is 131 cm³/mol. The number of nitrogens with zero attached hydrogens (tertiary/aromatic N) is 1. The molecule has 4 aromatic rings. The smallest absolute Gasteiger partial charge is 0.129 e. The largest absolute Gasteiger partial charge is 0.488 e. The third kappa shape index (κ3) is 5.50. The monoisotopic (exact) mass is 468 g/mol. The van der Waals surface area contributed by atoms with Crippen LogP contribution in [0.25, 0.3) is 10.8 Å². The van der Waals surface area contributed by atoms with Gasteiger partial charge in [0.2, 0.25) is 0 Å². The first kappa shape index (κ1) is 21.5. The molecule has 0 aliphatic heterocycles. The minimum Gasteiger partial charge on any atom is -0.488 e. The number of nitrogens with one attached hydrogen (secondary N) is 1. The van der Waals surface area contributed by atoms with E-state index in [0.717, 1.165) is 33.2 Å². The lowest BCUT2D eigenvalue weighted by atomic mass is 10.0. The van der Waals surface area contributed by atoms with E-state index < -0.39 is 0 Å². The van der Waals surface area contributed by atoms with E-state index in [-0.39, 0.29) is 0 Å². The minimum absolute atomic E-state index is 0.369. The van der Waals surface area contributed by atoms with E-state index in [0.29, 0.717) is 28.2 Å². The Hall–Kier alpha value is -2.72. The summed E-state index contributed by atoms with van der Waals surface area (Å²) in [4.78, 5) is 0. The van der Waals surface area contributed by atoms with Crippen molar-refractivity contribution in [1.29, 1.82) is 0 Å². The quantitative estimate of drug-likeness (QED) is 0.224. The maximum absolute atomic E-state index is 6.12. The van der Waals surface area contributed by atoms with E-state index in [1.54, 1.807) is 12.3 Å². The predicted octanol–water partition coefficient (Wildman–Crippen LogP) is 7.50. The highest BCUT2D eigenvalue weighted by molar-refractivity contribution is 6.42. The van der Waals surface area contributed by atoms with Crippen molar-refractivity contribution in [2.24, 2.45) is 5.10 Å². The van der Waals surface area contributed by atoms with E-state index in [2.05, 4.69) is 22.7 Å².